The summed E-state index contributed by atoms with van der Waals surface area (Å²) in [5.74, 6) is -0.385. The molecule has 0 spiro atoms. The molecule has 0 fully saturated rings. The van der Waals surface area contributed by atoms with Crippen LogP contribution in [0.3, 0.4) is 0 Å². The van der Waals surface area contributed by atoms with Crippen molar-refractivity contribution in [2.75, 3.05) is 5.32 Å². The predicted octanol–water partition coefficient (Wildman–Crippen LogP) is 4.31. The third-order valence-corrected chi connectivity index (χ3v) is 4.13. The third kappa shape index (κ3) is 5.37. The molecule has 1 unspecified atom stereocenters. The van der Waals surface area contributed by atoms with Gasteiger partial charge in [-0.3, -0.25) is 9.59 Å². The second kappa shape index (κ2) is 8.13. The van der Waals surface area contributed by atoms with Gasteiger partial charge in [-0.1, -0.05) is 35.9 Å². The Morgan fingerprint density at radius 2 is 1.78 bits per heavy atom. The molecule has 6 heteroatoms. The van der Waals surface area contributed by atoms with Crippen molar-refractivity contribution in [2.24, 2.45) is 0 Å². The number of nitrogens with one attached hydrogen (secondary N) is 2. The molecule has 120 valence electrons. The predicted molar refractivity (Wildman–Crippen MR) is 95.4 cm³/mol. The van der Waals surface area contributed by atoms with Gasteiger partial charge >= 0.3 is 0 Å². The fourth-order valence-electron chi connectivity index (χ4n) is 2.14. The highest BCUT2D eigenvalue weighted by Crippen LogP contribution is 2.23. The highest BCUT2D eigenvalue weighted by atomic mass is 79.9. The zero-order valence-electron chi connectivity index (χ0n) is 12.5. The summed E-state index contributed by atoms with van der Waals surface area (Å²) in [6, 6.07) is 14.0. The molecule has 1 atom stereocenters. The maximum atomic E-state index is 12.3. The molecule has 23 heavy (non-hydrogen) atoms. The molecule has 0 aromatic heterocycles. The van der Waals surface area contributed by atoms with Gasteiger partial charge < -0.3 is 10.6 Å². The Labute approximate surface area is 148 Å². The number of hydrogen-bond acceptors (Lipinski definition) is 2. The molecule has 0 saturated carbocycles. The summed E-state index contributed by atoms with van der Waals surface area (Å²) in [6.45, 7) is 1.43. The summed E-state index contributed by atoms with van der Waals surface area (Å²) in [6.07, 6.45) is 0.128. The van der Waals surface area contributed by atoms with Crippen LogP contribution >= 0.6 is 27.5 Å². The average molecular weight is 396 g/mol. The van der Waals surface area contributed by atoms with E-state index < -0.39 is 6.04 Å². The minimum atomic E-state index is -0.410. The van der Waals surface area contributed by atoms with Crippen LogP contribution in [0.15, 0.2) is 53.0 Å². The lowest BCUT2D eigenvalue weighted by atomic mass is 10.0. The number of para-hydroxylation sites is 1. The number of amides is 2. The first-order chi connectivity index (χ1) is 11.0. The highest BCUT2D eigenvalue weighted by molar-refractivity contribution is 9.10. The molecule has 0 aliphatic heterocycles. The van der Waals surface area contributed by atoms with Crippen molar-refractivity contribution < 1.29 is 9.59 Å². The molecule has 2 rings (SSSR count). The molecule has 2 N–H and O–H groups in total. The molecule has 0 aliphatic rings. The Bertz CT molecular complexity index is 704. The fourth-order valence-corrected chi connectivity index (χ4v) is 2.65. The maximum absolute atomic E-state index is 12.3. The number of benzene rings is 2. The van der Waals surface area contributed by atoms with E-state index in [1.165, 1.54) is 6.92 Å². The molecule has 0 bridgehead atoms. The lowest BCUT2D eigenvalue weighted by molar-refractivity contribution is -0.120. The Morgan fingerprint density at radius 3 is 2.39 bits per heavy atom. The highest BCUT2D eigenvalue weighted by Gasteiger charge is 2.17. The number of hydrogen-bond donors (Lipinski definition) is 2. The Morgan fingerprint density at radius 1 is 1.13 bits per heavy atom. The number of rotatable bonds is 5. The molecule has 4 nitrogen and oxygen atoms in total. The molecule has 2 amide bonds. The zero-order chi connectivity index (χ0) is 16.8. The van der Waals surface area contributed by atoms with Gasteiger partial charge in [0, 0.05) is 16.4 Å². The van der Waals surface area contributed by atoms with Crippen LogP contribution in [-0.4, -0.2) is 11.8 Å². The first kappa shape index (κ1) is 17.5. The Hall–Kier alpha value is -1.85. The van der Waals surface area contributed by atoms with Crippen LogP contribution in [0, 0.1) is 0 Å². The fraction of sp³-hybridized carbons (Fsp3) is 0.176. The normalized spacial score (nSPS) is 11.6. The molecule has 2 aromatic rings. The van der Waals surface area contributed by atoms with Crippen molar-refractivity contribution in [3.63, 3.8) is 0 Å². The average Bonchev–Trinajstić information content (AvgIpc) is 2.49. The van der Waals surface area contributed by atoms with Gasteiger partial charge in [0.25, 0.3) is 0 Å². The number of anilines is 1. The summed E-state index contributed by atoms with van der Waals surface area (Å²) < 4.78 is 0.802. The lowest BCUT2D eigenvalue weighted by Crippen LogP contribution is -2.29. The third-order valence-electron chi connectivity index (χ3n) is 3.19. The van der Waals surface area contributed by atoms with Crippen molar-refractivity contribution in [1.82, 2.24) is 5.32 Å². The second-order valence-electron chi connectivity index (χ2n) is 5.04. The van der Waals surface area contributed by atoms with E-state index in [9.17, 15) is 9.59 Å². The number of carbonyl (C=O) groups is 2. The van der Waals surface area contributed by atoms with Gasteiger partial charge in [0.2, 0.25) is 11.8 Å². The Kier molecular flexibility index (Phi) is 6.19. The second-order valence-corrected chi connectivity index (χ2v) is 6.33. The van der Waals surface area contributed by atoms with Crippen molar-refractivity contribution >= 4 is 45.0 Å². The Balaban J connectivity index is 2.11. The summed E-state index contributed by atoms with van der Waals surface area (Å²) >= 11 is 9.27. The number of carbonyl (C=O) groups excluding carboxylic acids is 2. The van der Waals surface area contributed by atoms with E-state index in [4.69, 9.17) is 11.6 Å². The van der Waals surface area contributed by atoms with Gasteiger partial charge in [-0.2, -0.15) is 0 Å². The van der Waals surface area contributed by atoms with E-state index in [2.05, 4.69) is 26.6 Å². The molecular weight excluding hydrogens is 380 g/mol. The smallest absolute Gasteiger partial charge is 0.226 e. The van der Waals surface area contributed by atoms with Crippen molar-refractivity contribution in [2.45, 2.75) is 19.4 Å². The monoisotopic (exact) mass is 394 g/mol. The topological polar surface area (TPSA) is 58.2 Å². The van der Waals surface area contributed by atoms with E-state index in [1.54, 1.807) is 30.3 Å². The van der Waals surface area contributed by atoms with E-state index in [0.29, 0.717) is 10.7 Å². The first-order valence-corrected chi connectivity index (χ1v) is 8.20. The van der Waals surface area contributed by atoms with Crippen LogP contribution in [0.2, 0.25) is 5.02 Å². The molecule has 0 saturated heterocycles. The van der Waals surface area contributed by atoms with Crippen LogP contribution in [0.1, 0.15) is 24.9 Å². The first-order valence-electron chi connectivity index (χ1n) is 7.02. The largest absolute Gasteiger partial charge is 0.349 e. The summed E-state index contributed by atoms with van der Waals surface area (Å²) in [5.41, 5.74) is 1.52. The summed E-state index contributed by atoms with van der Waals surface area (Å²) in [7, 11) is 0. The van der Waals surface area contributed by atoms with E-state index in [0.717, 1.165) is 10.0 Å². The zero-order valence-corrected chi connectivity index (χ0v) is 14.8. The minimum absolute atomic E-state index is 0.128. The van der Waals surface area contributed by atoms with Crippen LogP contribution < -0.4 is 10.6 Å². The van der Waals surface area contributed by atoms with Gasteiger partial charge in [-0.05, 0) is 45.8 Å². The lowest BCUT2D eigenvalue weighted by Gasteiger charge is -2.18. The van der Waals surface area contributed by atoms with E-state index in [-0.39, 0.29) is 18.2 Å². The summed E-state index contributed by atoms with van der Waals surface area (Å²) in [4.78, 5) is 23.7. The molecule has 0 radical (unpaired) electrons. The maximum Gasteiger partial charge on any atom is 0.226 e. The van der Waals surface area contributed by atoms with Gasteiger partial charge in [-0.15, -0.1) is 0 Å². The van der Waals surface area contributed by atoms with E-state index in [1.807, 2.05) is 18.2 Å². The van der Waals surface area contributed by atoms with E-state index >= 15 is 0 Å². The quantitative estimate of drug-likeness (QED) is 0.792. The van der Waals surface area contributed by atoms with Crippen LogP contribution in [0.5, 0.6) is 0 Å². The van der Waals surface area contributed by atoms with Crippen molar-refractivity contribution in [3.8, 4) is 0 Å². The molecule has 0 aliphatic carbocycles. The molecular formula is C17H16BrClN2O2. The van der Waals surface area contributed by atoms with Crippen molar-refractivity contribution in [3.05, 3.63) is 63.6 Å². The SMILES string of the molecule is CC(=O)NC(CC(=O)Nc1ccccc1Br)c1ccc(Cl)cc1. The minimum Gasteiger partial charge on any atom is -0.349 e. The van der Waals surface area contributed by atoms with Crippen molar-refractivity contribution in [1.29, 1.82) is 0 Å². The van der Waals surface area contributed by atoms with Crippen LogP contribution in [0.4, 0.5) is 5.69 Å². The number of halogens is 2. The molecule has 2 aromatic carbocycles. The van der Waals surface area contributed by atoms with Gasteiger partial charge in [0.05, 0.1) is 18.2 Å². The van der Waals surface area contributed by atoms with Crippen LogP contribution in [0.25, 0.3) is 0 Å². The standard InChI is InChI=1S/C17H16BrClN2O2/c1-11(22)20-16(12-6-8-13(19)9-7-12)10-17(23)21-15-5-3-2-4-14(15)18/h2-9,16H,10H2,1H3,(H,20,22)(H,21,23). The summed E-state index contributed by atoms with van der Waals surface area (Å²) in [5, 5.41) is 6.23. The van der Waals surface area contributed by atoms with Gasteiger partial charge in [0.1, 0.15) is 0 Å². The molecule has 0 heterocycles. The van der Waals surface area contributed by atoms with Crippen LogP contribution in [-0.2, 0) is 9.59 Å². The van der Waals surface area contributed by atoms with Gasteiger partial charge in [0.15, 0.2) is 0 Å². The van der Waals surface area contributed by atoms with Gasteiger partial charge in [-0.25, -0.2) is 0 Å².